The van der Waals surface area contributed by atoms with Crippen molar-refractivity contribution in [3.63, 3.8) is 0 Å². The third-order valence-electron chi connectivity index (χ3n) is 1.81. The fourth-order valence-corrected chi connectivity index (χ4v) is 1.29. The SMILES string of the molecule is CCc1cnc2c(Cl)[nH]nc2c1. The molecule has 0 bridgehead atoms. The van der Waals surface area contributed by atoms with E-state index in [1.165, 1.54) is 5.56 Å². The quantitative estimate of drug-likeness (QED) is 0.733. The van der Waals surface area contributed by atoms with Crippen molar-refractivity contribution >= 4 is 22.6 Å². The van der Waals surface area contributed by atoms with E-state index in [-0.39, 0.29) is 0 Å². The van der Waals surface area contributed by atoms with Crippen molar-refractivity contribution in [3.05, 3.63) is 23.0 Å². The zero-order valence-corrected chi connectivity index (χ0v) is 7.39. The number of fused-ring (bicyclic) bond motifs is 1. The summed E-state index contributed by atoms with van der Waals surface area (Å²) >= 11 is 5.79. The first-order valence-electron chi connectivity index (χ1n) is 3.79. The molecule has 0 aliphatic heterocycles. The van der Waals surface area contributed by atoms with E-state index in [9.17, 15) is 0 Å². The molecule has 0 aliphatic carbocycles. The van der Waals surface area contributed by atoms with Gasteiger partial charge in [0.15, 0.2) is 5.15 Å². The highest BCUT2D eigenvalue weighted by atomic mass is 35.5. The first kappa shape index (κ1) is 7.55. The van der Waals surface area contributed by atoms with Crippen LogP contribution >= 0.6 is 11.6 Å². The van der Waals surface area contributed by atoms with Crippen LogP contribution in [0.25, 0.3) is 11.0 Å². The van der Waals surface area contributed by atoms with E-state index in [1.54, 1.807) is 0 Å². The number of nitrogens with one attached hydrogen (secondary N) is 1. The molecule has 0 unspecified atom stereocenters. The molecular formula is C8H8ClN3. The summed E-state index contributed by atoms with van der Waals surface area (Å²) in [6.45, 7) is 2.08. The molecule has 0 amide bonds. The van der Waals surface area contributed by atoms with Crippen LogP contribution in [-0.4, -0.2) is 15.2 Å². The predicted molar refractivity (Wildman–Crippen MR) is 48.3 cm³/mol. The Morgan fingerprint density at radius 3 is 3.17 bits per heavy atom. The summed E-state index contributed by atoms with van der Waals surface area (Å²) in [5.74, 6) is 0. The smallest absolute Gasteiger partial charge is 0.150 e. The van der Waals surface area contributed by atoms with Gasteiger partial charge in [0.25, 0.3) is 0 Å². The summed E-state index contributed by atoms with van der Waals surface area (Å²) in [6, 6.07) is 1.99. The summed E-state index contributed by atoms with van der Waals surface area (Å²) in [5, 5.41) is 7.20. The van der Waals surface area contributed by atoms with Gasteiger partial charge in [-0.1, -0.05) is 18.5 Å². The van der Waals surface area contributed by atoms with Crippen LogP contribution in [0.15, 0.2) is 12.3 Å². The van der Waals surface area contributed by atoms with Gasteiger partial charge in [0, 0.05) is 6.20 Å². The van der Waals surface area contributed by atoms with E-state index in [4.69, 9.17) is 11.6 Å². The Labute approximate surface area is 74.8 Å². The van der Waals surface area contributed by atoms with Crippen molar-refractivity contribution < 1.29 is 0 Å². The normalized spacial score (nSPS) is 10.8. The van der Waals surface area contributed by atoms with E-state index >= 15 is 0 Å². The number of hydrogen-bond acceptors (Lipinski definition) is 2. The van der Waals surface area contributed by atoms with Crippen LogP contribution in [0.5, 0.6) is 0 Å². The van der Waals surface area contributed by atoms with E-state index in [0.717, 1.165) is 17.5 Å². The number of halogens is 1. The molecule has 0 aliphatic rings. The number of H-pyrrole nitrogens is 1. The van der Waals surface area contributed by atoms with Gasteiger partial charge >= 0.3 is 0 Å². The first-order valence-corrected chi connectivity index (χ1v) is 4.17. The van der Waals surface area contributed by atoms with Crippen molar-refractivity contribution in [2.24, 2.45) is 0 Å². The van der Waals surface area contributed by atoms with Gasteiger partial charge in [0.05, 0.1) is 0 Å². The molecule has 2 aromatic heterocycles. The third kappa shape index (κ3) is 1.06. The lowest BCUT2D eigenvalue weighted by molar-refractivity contribution is 1.10. The van der Waals surface area contributed by atoms with Gasteiger partial charge in [-0.2, -0.15) is 5.10 Å². The zero-order valence-electron chi connectivity index (χ0n) is 6.63. The highest BCUT2D eigenvalue weighted by Gasteiger charge is 2.03. The number of aromatic nitrogens is 3. The topological polar surface area (TPSA) is 41.6 Å². The standard InChI is InChI=1S/C8H8ClN3/c1-2-5-3-6-7(10-4-5)8(9)12-11-6/h3-4H,2H2,1H3,(H,11,12). The molecular weight excluding hydrogens is 174 g/mol. The van der Waals surface area contributed by atoms with Crippen LogP contribution in [0.1, 0.15) is 12.5 Å². The van der Waals surface area contributed by atoms with Gasteiger partial charge in [-0.15, -0.1) is 0 Å². The van der Waals surface area contributed by atoms with Crippen LogP contribution in [0.3, 0.4) is 0 Å². The minimum atomic E-state index is 0.507. The largest absolute Gasteiger partial charge is 0.265 e. The fourth-order valence-electron chi connectivity index (χ4n) is 1.10. The summed E-state index contributed by atoms with van der Waals surface area (Å²) in [6.07, 6.45) is 2.79. The van der Waals surface area contributed by atoms with Crippen LogP contribution in [0, 0.1) is 0 Å². The highest BCUT2D eigenvalue weighted by Crippen LogP contribution is 2.18. The first-order chi connectivity index (χ1) is 5.81. The molecule has 12 heavy (non-hydrogen) atoms. The van der Waals surface area contributed by atoms with Gasteiger partial charge < -0.3 is 0 Å². The molecule has 0 spiro atoms. The Morgan fingerprint density at radius 1 is 1.58 bits per heavy atom. The number of aryl methyl sites for hydroxylation is 1. The zero-order chi connectivity index (χ0) is 8.55. The van der Waals surface area contributed by atoms with Crippen LogP contribution in [-0.2, 0) is 6.42 Å². The van der Waals surface area contributed by atoms with Gasteiger partial charge in [-0.05, 0) is 18.1 Å². The van der Waals surface area contributed by atoms with Gasteiger partial charge in [-0.3, -0.25) is 10.1 Å². The lowest BCUT2D eigenvalue weighted by atomic mass is 10.2. The number of pyridine rings is 1. The predicted octanol–water partition coefficient (Wildman–Crippen LogP) is 2.17. The van der Waals surface area contributed by atoms with E-state index in [2.05, 4.69) is 22.1 Å². The molecule has 2 heterocycles. The maximum atomic E-state index is 5.79. The monoisotopic (exact) mass is 181 g/mol. The molecule has 0 radical (unpaired) electrons. The van der Waals surface area contributed by atoms with Gasteiger partial charge in [0.1, 0.15) is 11.0 Å². The van der Waals surface area contributed by atoms with Gasteiger partial charge in [-0.25, -0.2) is 0 Å². The van der Waals surface area contributed by atoms with Crippen molar-refractivity contribution in [1.29, 1.82) is 0 Å². The van der Waals surface area contributed by atoms with E-state index in [0.29, 0.717) is 5.15 Å². The molecule has 62 valence electrons. The lowest BCUT2D eigenvalue weighted by Crippen LogP contribution is -1.82. The second-order valence-corrected chi connectivity index (χ2v) is 2.98. The second kappa shape index (κ2) is 2.75. The van der Waals surface area contributed by atoms with Crippen molar-refractivity contribution in [1.82, 2.24) is 15.2 Å². The average Bonchev–Trinajstić information content (AvgIpc) is 2.47. The molecule has 3 nitrogen and oxygen atoms in total. The summed E-state index contributed by atoms with van der Waals surface area (Å²) in [5.41, 5.74) is 2.75. The summed E-state index contributed by atoms with van der Waals surface area (Å²) in [4.78, 5) is 4.19. The van der Waals surface area contributed by atoms with Crippen molar-refractivity contribution in [2.75, 3.05) is 0 Å². The maximum absolute atomic E-state index is 5.79. The number of nitrogens with zero attached hydrogens (tertiary/aromatic N) is 2. The molecule has 0 fully saturated rings. The lowest BCUT2D eigenvalue weighted by Gasteiger charge is -1.93. The number of hydrogen-bond donors (Lipinski definition) is 1. The summed E-state index contributed by atoms with van der Waals surface area (Å²) < 4.78 is 0. The Balaban J connectivity index is 2.69. The molecule has 2 aromatic rings. The number of rotatable bonds is 1. The molecule has 0 saturated heterocycles. The van der Waals surface area contributed by atoms with Crippen molar-refractivity contribution in [3.8, 4) is 0 Å². The average molecular weight is 182 g/mol. The van der Waals surface area contributed by atoms with E-state index in [1.807, 2.05) is 12.3 Å². The van der Waals surface area contributed by atoms with Crippen LogP contribution < -0.4 is 0 Å². The Kier molecular flexibility index (Phi) is 1.73. The molecule has 1 N–H and O–H groups in total. The van der Waals surface area contributed by atoms with Crippen LogP contribution in [0.4, 0.5) is 0 Å². The maximum Gasteiger partial charge on any atom is 0.150 e. The van der Waals surface area contributed by atoms with Gasteiger partial charge in [0.2, 0.25) is 0 Å². The molecule has 4 heteroatoms. The molecule has 0 aromatic carbocycles. The van der Waals surface area contributed by atoms with Crippen molar-refractivity contribution in [2.45, 2.75) is 13.3 Å². The second-order valence-electron chi connectivity index (χ2n) is 2.60. The molecule has 2 rings (SSSR count). The highest BCUT2D eigenvalue weighted by molar-refractivity contribution is 6.33. The Hall–Kier alpha value is -1.09. The third-order valence-corrected chi connectivity index (χ3v) is 2.08. The minimum Gasteiger partial charge on any atom is -0.265 e. The Bertz CT molecular complexity index is 408. The molecule has 0 saturated carbocycles. The van der Waals surface area contributed by atoms with Crippen LogP contribution in [0.2, 0.25) is 5.15 Å². The Morgan fingerprint density at radius 2 is 2.42 bits per heavy atom. The minimum absolute atomic E-state index is 0.507. The van der Waals surface area contributed by atoms with E-state index < -0.39 is 0 Å². The fraction of sp³-hybridized carbons (Fsp3) is 0.250. The summed E-state index contributed by atoms with van der Waals surface area (Å²) in [7, 11) is 0. The number of aromatic amines is 1. The molecule has 0 atom stereocenters.